The van der Waals surface area contributed by atoms with Gasteiger partial charge >= 0.3 is 0 Å². The van der Waals surface area contributed by atoms with E-state index in [9.17, 15) is 9.59 Å². The zero-order valence-corrected chi connectivity index (χ0v) is 15.8. The second-order valence-corrected chi connectivity index (χ2v) is 7.20. The number of likely N-dealkylation sites (tertiary alicyclic amines) is 1. The van der Waals surface area contributed by atoms with Gasteiger partial charge in [0.1, 0.15) is 0 Å². The van der Waals surface area contributed by atoms with Crippen LogP contribution in [0.5, 0.6) is 0 Å². The minimum absolute atomic E-state index is 0.0234. The molecule has 1 N–H and O–H groups in total. The zero-order chi connectivity index (χ0) is 18.5. The Morgan fingerprint density at radius 1 is 1.08 bits per heavy atom. The van der Waals surface area contributed by atoms with Crippen molar-refractivity contribution in [2.24, 2.45) is 0 Å². The van der Waals surface area contributed by atoms with Crippen molar-refractivity contribution in [2.75, 3.05) is 13.1 Å². The van der Waals surface area contributed by atoms with E-state index < -0.39 is 0 Å². The van der Waals surface area contributed by atoms with E-state index >= 15 is 0 Å². The summed E-state index contributed by atoms with van der Waals surface area (Å²) in [6.07, 6.45) is 2.82. The number of amides is 2. The van der Waals surface area contributed by atoms with Gasteiger partial charge in [-0.05, 0) is 43.0 Å². The highest BCUT2D eigenvalue weighted by Crippen LogP contribution is 2.23. The van der Waals surface area contributed by atoms with E-state index in [0.29, 0.717) is 15.6 Å². The van der Waals surface area contributed by atoms with Gasteiger partial charge in [0.05, 0.1) is 16.6 Å². The van der Waals surface area contributed by atoms with Gasteiger partial charge in [0.15, 0.2) is 0 Å². The molecule has 4 nitrogen and oxygen atoms in total. The highest BCUT2D eigenvalue weighted by Gasteiger charge is 2.28. The van der Waals surface area contributed by atoms with Crippen molar-refractivity contribution >= 4 is 35.0 Å². The first kappa shape index (κ1) is 18.7. The molecule has 136 valence electrons. The van der Waals surface area contributed by atoms with Crippen molar-refractivity contribution < 1.29 is 9.59 Å². The smallest absolute Gasteiger partial charge is 0.251 e. The predicted molar refractivity (Wildman–Crippen MR) is 104 cm³/mol. The number of nitrogens with zero attached hydrogens (tertiary/aromatic N) is 1. The molecular weight excluding hydrogens is 371 g/mol. The normalized spacial score (nSPS) is 16.5. The summed E-state index contributed by atoms with van der Waals surface area (Å²) >= 11 is 11.8. The summed E-state index contributed by atoms with van der Waals surface area (Å²) in [4.78, 5) is 26.7. The van der Waals surface area contributed by atoms with E-state index in [1.165, 1.54) is 11.6 Å². The van der Waals surface area contributed by atoms with Crippen LogP contribution in [0.15, 0.2) is 48.5 Å². The summed E-state index contributed by atoms with van der Waals surface area (Å²) in [6.45, 7) is 0.712. The molecule has 0 bridgehead atoms. The number of rotatable bonds is 5. The minimum atomic E-state index is -0.337. The molecule has 6 heteroatoms. The van der Waals surface area contributed by atoms with Crippen LogP contribution in [0.4, 0.5) is 0 Å². The quantitative estimate of drug-likeness (QED) is 0.839. The van der Waals surface area contributed by atoms with Crippen molar-refractivity contribution in [3.8, 4) is 0 Å². The van der Waals surface area contributed by atoms with Crippen LogP contribution in [0.1, 0.15) is 28.8 Å². The molecule has 1 unspecified atom stereocenters. The number of halogens is 2. The molecule has 0 saturated carbocycles. The van der Waals surface area contributed by atoms with Gasteiger partial charge in [0.25, 0.3) is 5.91 Å². The Kier molecular flexibility index (Phi) is 6.17. The number of carbonyl (C=O) groups excluding carboxylic acids is 2. The van der Waals surface area contributed by atoms with E-state index in [2.05, 4.69) is 17.4 Å². The fourth-order valence-corrected chi connectivity index (χ4v) is 3.56. The molecule has 3 rings (SSSR count). The molecule has 0 radical (unpaired) electrons. The van der Waals surface area contributed by atoms with Crippen molar-refractivity contribution in [1.82, 2.24) is 10.2 Å². The molecule has 0 aromatic heterocycles. The molecular formula is C20H20Cl2N2O2. The number of benzene rings is 2. The summed E-state index contributed by atoms with van der Waals surface area (Å²) in [5.41, 5.74) is 1.60. The lowest BCUT2D eigenvalue weighted by molar-refractivity contribution is -0.130. The van der Waals surface area contributed by atoms with Crippen LogP contribution in [0.25, 0.3) is 0 Å². The maximum Gasteiger partial charge on any atom is 0.251 e. The van der Waals surface area contributed by atoms with E-state index in [0.717, 1.165) is 25.8 Å². The van der Waals surface area contributed by atoms with Crippen LogP contribution in [0.3, 0.4) is 0 Å². The van der Waals surface area contributed by atoms with Crippen LogP contribution in [-0.2, 0) is 11.2 Å². The van der Waals surface area contributed by atoms with Crippen LogP contribution in [-0.4, -0.2) is 35.8 Å². The Morgan fingerprint density at radius 2 is 1.85 bits per heavy atom. The summed E-state index contributed by atoms with van der Waals surface area (Å²) in [5, 5.41) is 3.38. The van der Waals surface area contributed by atoms with Gasteiger partial charge in [-0.1, -0.05) is 53.5 Å². The van der Waals surface area contributed by atoms with Crippen molar-refractivity contribution in [3.05, 3.63) is 69.7 Å². The molecule has 1 fully saturated rings. The molecule has 1 atom stereocenters. The summed E-state index contributed by atoms with van der Waals surface area (Å²) in [5.74, 6) is -0.396. The second-order valence-electron chi connectivity index (χ2n) is 6.38. The molecule has 26 heavy (non-hydrogen) atoms. The monoisotopic (exact) mass is 390 g/mol. The number of hydrogen-bond acceptors (Lipinski definition) is 2. The second kappa shape index (κ2) is 8.56. The Labute approximate surface area is 163 Å². The molecule has 0 aliphatic carbocycles. The molecule has 2 aromatic rings. The van der Waals surface area contributed by atoms with Crippen molar-refractivity contribution in [1.29, 1.82) is 0 Å². The van der Waals surface area contributed by atoms with E-state index in [4.69, 9.17) is 23.2 Å². The van der Waals surface area contributed by atoms with E-state index in [-0.39, 0.29) is 24.4 Å². The standard InChI is InChI=1S/C20H20Cl2N2O2/c21-17-9-8-15(12-18(17)22)20(26)23-13-19(25)24-10-4-7-16(24)11-14-5-2-1-3-6-14/h1-3,5-6,8-9,12,16H,4,7,10-11,13H2,(H,23,26). The maximum atomic E-state index is 12.6. The predicted octanol–water partition coefficient (Wildman–Crippen LogP) is 3.96. The molecule has 1 aliphatic heterocycles. The largest absolute Gasteiger partial charge is 0.343 e. The van der Waals surface area contributed by atoms with Gasteiger partial charge in [-0.3, -0.25) is 9.59 Å². The fraction of sp³-hybridized carbons (Fsp3) is 0.300. The highest BCUT2D eigenvalue weighted by atomic mass is 35.5. The summed E-state index contributed by atoms with van der Waals surface area (Å²) in [6, 6.07) is 15.0. The molecule has 0 spiro atoms. The van der Waals surface area contributed by atoms with Gasteiger partial charge in [0, 0.05) is 18.2 Å². The van der Waals surface area contributed by atoms with Crippen molar-refractivity contribution in [3.63, 3.8) is 0 Å². The topological polar surface area (TPSA) is 49.4 Å². The summed E-state index contributed by atoms with van der Waals surface area (Å²) in [7, 11) is 0. The van der Waals surface area contributed by atoms with Gasteiger partial charge in [0.2, 0.25) is 5.91 Å². The lowest BCUT2D eigenvalue weighted by atomic mass is 10.0. The van der Waals surface area contributed by atoms with Crippen LogP contribution >= 0.6 is 23.2 Å². The molecule has 1 heterocycles. The van der Waals surface area contributed by atoms with Gasteiger partial charge in [-0.2, -0.15) is 0 Å². The lowest BCUT2D eigenvalue weighted by Gasteiger charge is -2.25. The van der Waals surface area contributed by atoms with E-state index in [1.807, 2.05) is 23.1 Å². The SMILES string of the molecule is O=C(NCC(=O)N1CCCC1Cc1ccccc1)c1ccc(Cl)c(Cl)c1. The molecule has 2 amide bonds. The Morgan fingerprint density at radius 3 is 2.58 bits per heavy atom. The minimum Gasteiger partial charge on any atom is -0.343 e. The first-order valence-electron chi connectivity index (χ1n) is 8.61. The van der Waals surface area contributed by atoms with Gasteiger partial charge < -0.3 is 10.2 Å². The van der Waals surface area contributed by atoms with Crippen LogP contribution < -0.4 is 5.32 Å². The number of carbonyl (C=O) groups is 2. The number of hydrogen-bond donors (Lipinski definition) is 1. The van der Waals surface area contributed by atoms with Gasteiger partial charge in [-0.25, -0.2) is 0 Å². The third-order valence-corrected chi connectivity index (χ3v) is 5.33. The molecule has 2 aromatic carbocycles. The average molecular weight is 391 g/mol. The van der Waals surface area contributed by atoms with E-state index in [1.54, 1.807) is 12.1 Å². The molecule has 1 saturated heterocycles. The number of nitrogens with one attached hydrogen (secondary N) is 1. The zero-order valence-electron chi connectivity index (χ0n) is 14.3. The first-order chi connectivity index (χ1) is 12.5. The highest BCUT2D eigenvalue weighted by molar-refractivity contribution is 6.42. The fourth-order valence-electron chi connectivity index (χ4n) is 3.26. The maximum absolute atomic E-state index is 12.6. The summed E-state index contributed by atoms with van der Waals surface area (Å²) < 4.78 is 0. The Balaban J connectivity index is 1.56. The van der Waals surface area contributed by atoms with Gasteiger partial charge in [-0.15, -0.1) is 0 Å². The average Bonchev–Trinajstić information content (AvgIpc) is 3.10. The third kappa shape index (κ3) is 4.57. The lowest BCUT2D eigenvalue weighted by Crippen LogP contribution is -2.43. The third-order valence-electron chi connectivity index (χ3n) is 4.59. The molecule has 1 aliphatic rings. The first-order valence-corrected chi connectivity index (χ1v) is 9.37. The Bertz CT molecular complexity index is 796. The van der Waals surface area contributed by atoms with Crippen molar-refractivity contribution in [2.45, 2.75) is 25.3 Å². The van der Waals surface area contributed by atoms with Crippen LogP contribution in [0.2, 0.25) is 10.0 Å². The Hall–Kier alpha value is -2.04. The van der Waals surface area contributed by atoms with Crippen LogP contribution in [0, 0.1) is 0 Å².